The molecule has 0 aromatic heterocycles. The van der Waals surface area contributed by atoms with E-state index < -0.39 is 0 Å². The van der Waals surface area contributed by atoms with Crippen molar-refractivity contribution in [2.45, 2.75) is 34.1 Å². The topological polar surface area (TPSA) is 29.3 Å². The molecule has 0 saturated carbocycles. The number of nitrogen functional groups attached to an aromatic ring is 1. The van der Waals surface area contributed by atoms with E-state index in [1.807, 2.05) is 12.1 Å². The lowest BCUT2D eigenvalue weighted by molar-refractivity contribution is 1.02. The lowest BCUT2D eigenvalue weighted by atomic mass is 10.2. The molecule has 0 amide bonds. The molecule has 0 bridgehead atoms. The van der Waals surface area contributed by atoms with Crippen molar-refractivity contribution >= 4 is 17.1 Å². The minimum absolute atomic E-state index is 0.800. The molecule has 0 aliphatic rings. The third-order valence-electron chi connectivity index (χ3n) is 2.87. The molecule has 0 aliphatic carbocycles. The highest BCUT2D eigenvalue weighted by Gasteiger charge is 2.06. The van der Waals surface area contributed by atoms with E-state index in [0.717, 1.165) is 12.2 Å². The monoisotopic (exact) mass is 270 g/mol. The van der Waals surface area contributed by atoms with E-state index in [4.69, 9.17) is 5.73 Å². The standard InChI is InChI=1S/C15H18N2.C3H8/c1-3-17(14-8-4-12(2)5-9-14)15-10-6-13(16)7-11-15;1-3-2/h4-11H,3,16H2,1-2H3;3H2,1-2H3. The average molecular weight is 270 g/mol. The molecule has 0 aliphatic heterocycles. The number of rotatable bonds is 3. The minimum atomic E-state index is 0.800. The molecule has 0 fully saturated rings. The molecule has 2 heteroatoms. The van der Waals surface area contributed by atoms with Gasteiger partial charge in [-0.1, -0.05) is 38.0 Å². The van der Waals surface area contributed by atoms with Gasteiger partial charge in [-0.25, -0.2) is 0 Å². The summed E-state index contributed by atoms with van der Waals surface area (Å²) in [4.78, 5) is 2.26. The van der Waals surface area contributed by atoms with Gasteiger partial charge in [0.25, 0.3) is 0 Å². The molecular formula is C18H26N2. The Hall–Kier alpha value is -1.96. The minimum Gasteiger partial charge on any atom is -0.399 e. The molecule has 0 saturated heterocycles. The summed E-state index contributed by atoms with van der Waals surface area (Å²) in [5.41, 5.74) is 10.2. The quantitative estimate of drug-likeness (QED) is 0.781. The SMILES string of the molecule is CCC.CCN(c1ccc(C)cc1)c1ccc(N)cc1. The van der Waals surface area contributed by atoms with Gasteiger partial charge >= 0.3 is 0 Å². The Kier molecular flexibility index (Phi) is 6.65. The summed E-state index contributed by atoms with van der Waals surface area (Å²) < 4.78 is 0. The van der Waals surface area contributed by atoms with Crippen molar-refractivity contribution in [3.63, 3.8) is 0 Å². The number of hydrogen-bond donors (Lipinski definition) is 1. The number of nitrogens with zero attached hydrogens (tertiary/aromatic N) is 1. The van der Waals surface area contributed by atoms with E-state index >= 15 is 0 Å². The maximum atomic E-state index is 5.71. The predicted octanol–water partition coefficient (Wildman–Crippen LogP) is 5.15. The van der Waals surface area contributed by atoms with Crippen LogP contribution in [-0.2, 0) is 0 Å². The third kappa shape index (κ3) is 4.61. The Morgan fingerprint density at radius 1 is 0.800 bits per heavy atom. The van der Waals surface area contributed by atoms with Crippen LogP contribution >= 0.6 is 0 Å². The molecule has 0 heterocycles. The van der Waals surface area contributed by atoms with Crippen LogP contribution in [0, 0.1) is 6.92 Å². The van der Waals surface area contributed by atoms with Crippen molar-refractivity contribution in [3.05, 3.63) is 54.1 Å². The first kappa shape index (κ1) is 16.1. The summed E-state index contributed by atoms with van der Waals surface area (Å²) in [7, 11) is 0. The molecule has 2 aromatic rings. The summed E-state index contributed by atoms with van der Waals surface area (Å²) >= 11 is 0. The Labute approximate surface area is 123 Å². The second-order valence-corrected chi connectivity index (χ2v) is 4.88. The molecule has 0 spiro atoms. The van der Waals surface area contributed by atoms with Crippen molar-refractivity contribution in [3.8, 4) is 0 Å². The van der Waals surface area contributed by atoms with Crippen LogP contribution in [0.1, 0.15) is 32.8 Å². The lowest BCUT2D eigenvalue weighted by Crippen LogP contribution is -2.15. The van der Waals surface area contributed by atoms with Crippen LogP contribution in [0.15, 0.2) is 48.5 Å². The third-order valence-corrected chi connectivity index (χ3v) is 2.87. The van der Waals surface area contributed by atoms with Gasteiger partial charge in [-0.2, -0.15) is 0 Å². The van der Waals surface area contributed by atoms with Gasteiger partial charge in [-0.05, 0) is 50.2 Å². The van der Waals surface area contributed by atoms with Crippen LogP contribution in [0.4, 0.5) is 17.1 Å². The van der Waals surface area contributed by atoms with Gasteiger partial charge in [0.1, 0.15) is 0 Å². The molecule has 108 valence electrons. The maximum Gasteiger partial charge on any atom is 0.0412 e. The highest BCUT2D eigenvalue weighted by Crippen LogP contribution is 2.25. The molecule has 0 unspecified atom stereocenters. The van der Waals surface area contributed by atoms with Crippen LogP contribution < -0.4 is 10.6 Å². The van der Waals surface area contributed by atoms with Crippen LogP contribution in [-0.4, -0.2) is 6.54 Å². The zero-order chi connectivity index (χ0) is 15.0. The first-order valence-corrected chi connectivity index (χ1v) is 7.32. The number of benzene rings is 2. The van der Waals surface area contributed by atoms with Gasteiger partial charge in [0.05, 0.1) is 0 Å². The Morgan fingerprint density at radius 3 is 1.60 bits per heavy atom. The number of aryl methyl sites for hydroxylation is 1. The summed E-state index contributed by atoms with van der Waals surface area (Å²) in [6.45, 7) is 9.44. The summed E-state index contributed by atoms with van der Waals surface area (Å²) in [5, 5.41) is 0. The van der Waals surface area contributed by atoms with Crippen molar-refractivity contribution in [1.29, 1.82) is 0 Å². The van der Waals surface area contributed by atoms with E-state index in [1.165, 1.54) is 23.4 Å². The fourth-order valence-electron chi connectivity index (χ4n) is 1.89. The normalized spacial score (nSPS) is 9.60. The number of anilines is 3. The molecule has 2 aromatic carbocycles. The Morgan fingerprint density at radius 2 is 1.20 bits per heavy atom. The second kappa shape index (κ2) is 8.26. The molecule has 2 rings (SSSR count). The van der Waals surface area contributed by atoms with E-state index in [9.17, 15) is 0 Å². The first-order chi connectivity index (χ1) is 9.62. The van der Waals surface area contributed by atoms with E-state index in [-0.39, 0.29) is 0 Å². The van der Waals surface area contributed by atoms with Crippen molar-refractivity contribution in [2.75, 3.05) is 17.2 Å². The maximum absolute atomic E-state index is 5.71. The molecule has 2 nitrogen and oxygen atoms in total. The number of nitrogens with two attached hydrogens (primary N) is 1. The molecule has 0 atom stereocenters. The predicted molar refractivity (Wildman–Crippen MR) is 90.7 cm³/mol. The lowest BCUT2D eigenvalue weighted by Gasteiger charge is -2.23. The summed E-state index contributed by atoms with van der Waals surface area (Å²) in [6.07, 6.45) is 1.25. The van der Waals surface area contributed by atoms with Crippen molar-refractivity contribution in [1.82, 2.24) is 0 Å². The van der Waals surface area contributed by atoms with Gasteiger partial charge in [0.2, 0.25) is 0 Å². The van der Waals surface area contributed by atoms with E-state index in [1.54, 1.807) is 0 Å². The zero-order valence-electron chi connectivity index (χ0n) is 13.1. The fraction of sp³-hybridized carbons (Fsp3) is 0.333. The van der Waals surface area contributed by atoms with Crippen LogP contribution in [0.2, 0.25) is 0 Å². The fourth-order valence-corrected chi connectivity index (χ4v) is 1.89. The van der Waals surface area contributed by atoms with Crippen LogP contribution in [0.5, 0.6) is 0 Å². The molecule has 2 N–H and O–H groups in total. The highest BCUT2D eigenvalue weighted by atomic mass is 15.1. The van der Waals surface area contributed by atoms with Crippen LogP contribution in [0.3, 0.4) is 0 Å². The summed E-state index contributed by atoms with van der Waals surface area (Å²) in [5.74, 6) is 0. The van der Waals surface area contributed by atoms with Crippen molar-refractivity contribution in [2.24, 2.45) is 0 Å². The molecule has 0 radical (unpaired) electrons. The van der Waals surface area contributed by atoms with Gasteiger partial charge in [-0.3, -0.25) is 0 Å². The van der Waals surface area contributed by atoms with E-state index in [2.05, 4.69) is 69.0 Å². The largest absolute Gasteiger partial charge is 0.399 e. The first-order valence-electron chi connectivity index (χ1n) is 7.32. The summed E-state index contributed by atoms with van der Waals surface area (Å²) in [6, 6.07) is 16.5. The highest BCUT2D eigenvalue weighted by molar-refractivity contribution is 5.65. The smallest absolute Gasteiger partial charge is 0.0412 e. The Balaban J connectivity index is 0.000000612. The number of hydrogen-bond acceptors (Lipinski definition) is 2. The average Bonchev–Trinajstić information content (AvgIpc) is 2.44. The van der Waals surface area contributed by atoms with Crippen molar-refractivity contribution < 1.29 is 0 Å². The Bertz CT molecular complexity index is 440. The van der Waals surface area contributed by atoms with E-state index in [0.29, 0.717) is 0 Å². The van der Waals surface area contributed by atoms with Gasteiger partial charge in [0, 0.05) is 23.6 Å². The van der Waals surface area contributed by atoms with Gasteiger partial charge in [0.15, 0.2) is 0 Å². The van der Waals surface area contributed by atoms with Crippen LogP contribution in [0.25, 0.3) is 0 Å². The van der Waals surface area contributed by atoms with Gasteiger partial charge in [-0.15, -0.1) is 0 Å². The zero-order valence-corrected chi connectivity index (χ0v) is 13.1. The van der Waals surface area contributed by atoms with Gasteiger partial charge < -0.3 is 10.6 Å². The second-order valence-electron chi connectivity index (χ2n) is 4.88. The molecule has 20 heavy (non-hydrogen) atoms. The molecular weight excluding hydrogens is 244 g/mol.